The Morgan fingerprint density at radius 2 is 1.42 bits per heavy atom. The van der Waals surface area contributed by atoms with Gasteiger partial charge in [-0.1, -0.05) is 54.6 Å². The number of hydrogen-bond acceptors (Lipinski definition) is 7. The topological polar surface area (TPSA) is 121 Å². The van der Waals surface area contributed by atoms with Crippen molar-refractivity contribution in [2.75, 3.05) is 31.1 Å². The van der Waals surface area contributed by atoms with Gasteiger partial charge in [-0.3, -0.25) is 25.4 Å². The van der Waals surface area contributed by atoms with Gasteiger partial charge in [-0.2, -0.15) is 4.31 Å². The van der Waals surface area contributed by atoms with Gasteiger partial charge in [-0.25, -0.2) is 8.42 Å². The molecular weight excluding hydrogens is 590 g/mol. The van der Waals surface area contributed by atoms with Crippen molar-refractivity contribution >= 4 is 38.4 Å². The van der Waals surface area contributed by atoms with E-state index in [0.29, 0.717) is 37.5 Å². The normalized spacial score (nSPS) is 13.7. The molecule has 6 rings (SSSR count). The fourth-order valence-electron chi connectivity index (χ4n) is 5.14. The molecule has 0 radical (unpaired) electrons. The summed E-state index contributed by atoms with van der Waals surface area (Å²) in [5, 5.41) is 0.981. The third-order valence-electron chi connectivity index (χ3n) is 7.59. The van der Waals surface area contributed by atoms with Crippen molar-refractivity contribution < 1.29 is 22.7 Å². The molecule has 45 heavy (non-hydrogen) atoms. The van der Waals surface area contributed by atoms with E-state index in [2.05, 4.69) is 20.7 Å². The molecule has 2 N–H and O–H groups in total. The van der Waals surface area contributed by atoms with Crippen LogP contribution in [0, 0.1) is 0 Å². The number of carbonyl (C=O) groups is 2. The van der Waals surface area contributed by atoms with Gasteiger partial charge in [0.15, 0.2) is 0 Å². The number of ether oxygens (including phenoxy) is 1. The second-order valence-electron chi connectivity index (χ2n) is 10.5. The molecule has 1 saturated heterocycles. The molecule has 0 spiro atoms. The van der Waals surface area contributed by atoms with Gasteiger partial charge < -0.3 is 9.64 Å². The summed E-state index contributed by atoms with van der Waals surface area (Å²) >= 11 is 0. The Hall–Kier alpha value is -5.26. The first kappa shape index (κ1) is 29.8. The number of carbonyl (C=O) groups excluding carboxylic acids is 2. The van der Waals surface area contributed by atoms with E-state index in [1.54, 1.807) is 30.5 Å². The number of hydrazine groups is 1. The van der Waals surface area contributed by atoms with E-state index in [1.807, 2.05) is 60.7 Å². The number of para-hydroxylation sites is 2. The number of hydrogen-bond donors (Lipinski definition) is 2. The van der Waals surface area contributed by atoms with Crippen LogP contribution < -0.4 is 20.5 Å². The summed E-state index contributed by atoms with van der Waals surface area (Å²) in [7, 11) is -3.81. The largest absolute Gasteiger partial charge is 0.487 e. The third-order valence-corrected chi connectivity index (χ3v) is 9.48. The maximum atomic E-state index is 13.4. The first-order chi connectivity index (χ1) is 21.9. The van der Waals surface area contributed by atoms with Crippen molar-refractivity contribution in [1.29, 1.82) is 0 Å². The zero-order chi connectivity index (χ0) is 31.2. The van der Waals surface area contributed by atoms with Gasteiger partial charge in [0.1, 0.15) is 17.9 Å². The van der Waals surface area contributed by atoms with Gasteiger partial charge in [0.25, 0.3) is 11.8 Å². The highest BCUT2D eigenvalue weighted by atomic mass is 32.2. The zero-order valence-corrected chi connectivity index (χ0v) is 25.1. The molecule has 2 heterocycles. The van der Waals surface area contributed by atoms with Crippen LogP contribution in [-0.4, -0.2) is 55.7 Å². The first-order valence-corrected chi connectivity index (χ1v) is 15.9. The molecule has 1 aromatic heterocycles. The number of aromatic nitrogens is 1. The number of amides is 2. The van der Waals surface area contributed by atoms with E-state index in [4.69, 9.17) is 4.74 Å². The molecule has 1 aliphatic rings. The van der Waals surface area contributed by atoms with E-state index in [-0.39, 0.29) is 17.1 Å². The average Bonchev–Trinajstić information content (AvgIpc) is 3.10. The summed E-state index contributed by atoms with van der Waals surface area (Å²) in [6.07, 6.45) is 1.72. The smallest absolute Gasteiger partial charge is 0.269 e. The molecule has 1 fully saturated rings. The number of anilines is 1. The van der Waals surface area contributed by atoms with Gasteiger partial charge in [0.2, 0.25) is 10.0 Å². The summed E-state index contributed by atoms with van der Waals surface area (Å²) in [5.74, 6) is -0.489. The highest BCUT2D eigenvalue weighted by molar-refractivity contribution is 7.89. The molecule has 0 unspecified atom stereocenters. The van der Waals surface area contributed by atoms with Crippen LogP contribution in [-0.2, 0) is 16.6 Å². The molecule has 0 bridgehead atoms. The summed E-state index contributed by atoms with van der Waals surface area (Å²) in [4.78, 5) is 32.1. The Kier molecular flexibility index (Phi) is 8.72. The molecule has 1 aliphatic heterocycles. The highest BCUT2D eigenvalue weighted by Gasteiger charge is 2.29. The van der Waals surface area contributed by atoms with Crippen LogP contribution in [0.1, 0.15) is 26.3 Å². The average molecular weight is 622 g/mol. The fraction of sp³-hybridized carbons (Fsp3) is 0.147. The molecule has 2 amide bonds. The second-order valence-corrected chi connectivity index (χ2v) is 12.4. The van der Waals surface area contributed by atoms with Crippen molar-refractivity contribution in [1.82, 2.24) is 20.1 Å². The molecule has 0 saturated carbocycles. The molecule has 228 valence electrons. The van der Waals surface area contributed by atoms with Crippen molar-refractivity contribution in [3.05, 3.63) is 132 Å². The van der Waals surface area contributed by atoms with Crippen LogP contribution in [0.25, 0.3) is 10.9 Å². The van der Waals surface area contributed by atoms with Gasteiger partial charge in [-0.05, 0) is 60.2 Å². The van der Waals surface area contributed by atoms with Crippen molar-refractivity contribution in [3.8, 4) is 5.75 Å². The number of nitrogens with one attached hydrogen (secondary N) is 2. The fourth-order valence-corrected chi connectivity index (χ4v) is 6.60. The van der Waals surface area contributed by atoms with E-state index in [1.165, 1.54) is 28.6 Å². The number of fused-ring (bicyclic) bond motifs is 1. The number of rotatable bonds is 8. The van der Waals surface area contributed by atoms with Gasteiger partial charge in [0.05, 0.1) is 4.90 Å². The molecule has 4 aromatic carbocycles. The summed E-state index contributed by atoms with van der Waals surface area (Å²) in [6, 6.07) is 32.0. The Morgan fingerprint density at radius 1 is 0.733 bits per heavy atom. The maximum Gasteiger partial charge on any atom is 0.269 e. The van der Waals surface area contributed by atoms with Crippen LogP contribution in [0.4, 0.5) is 5.69 Å². The predicted molar refractivity (Wildman–Crippen MR) is 171 cm³/mol. The minimum absolute atomic E-state index is 0.0201. The van der Waals surface area contributed by atoms with Gasteiger partial charge in [-0.15, -0.1) is 0 Å². The zero-order valence-electron chi connectivity index (χ0n) is 24.3. The van der Waals surface area contributed by atoms with Crippen LogP contribution in [0.15, 0.2) is 120 Å². The van der Waals surface area contributed by atoms with E-state index in [9.17, 15) is 18.0 Å². The lowest BCUT2D eigenvalue weighted by atomic mass is 10.1. The second kappa shape index (κ2) is 13.2. The lowest BCUT2D eigenvalue weighted by Gasteiger charge is -2.35. The highest BCUT2D eigenvalue weighted by Crippen LogP contribution is 2.24. The predicted octanol–water partition coefficient (Wildman–Crippen LogP) is 4.40. The van der Waals surface area contributed by atoms with Crippen molar-refractivity contribution in [2.24, 2.45) is 0 Å². The van der Waals surface area contributed by atoms with Gasteiger partial charge >= 0.3 is 0 Å². The lowest BCUT2D eigenvalue weighted by Crippen LogP contribution is -2.48. The van der Waals surface area contributed by atoms with E-state index < -0.39 is 21.8 Å². The van der Waals surface area contributed by atoms with E-state index in [0.717, 1.165) is 22.2 Å². The summed E-state index contributed by atoms with van der Waals surface area (Å²) in [6.45, 7) is 2.07. The van der Waals surface area contributed by atoms with Crippen LogP contribution >= 0.6 is 0 Å². The van der Waals surface area contributed by atoms with Crippen molar-refractivity contribution in [3.63, 3.8) is 0 Å². The summed E-state index contributed by atoms with van der Waals surface area (Å²) in [5.41, 5.74) is 7.88. The number of sulfonamides is 1. The van der Waals surface area contributed by atoms with Crippen LogP contribution in [0.5, 0.6) is 5.75 Å². The number of nitrogens with zero attached hydrogens (tertiary/aromatic N) is 3. The molecule has 5 aromatic rings. The van der Waals surface area contributed by atoms with Gasteiger partial charge in [0, 0.05) is 54.6 Å². The van der Waals surface area contributed by atoms with Crippen LogP contribution in [0.2, 0.25) is 0 Å². The Balaban J connectivity index is 1.02. The molecule has 0 atom stereocenters. The Labute approximate surface area is 261 Å². The van der Waals surface area contributed by atoms with Crippen molar-refractivity contribution in [2.45, 2.75) is 11.5 Å². The Bertz CT molecular complexity index is 1920. The standard InChI is InChI=1S/C34H31N5O5S/c40-33(27-16-14-25(15-17-27)24-44-31-13-5-7-26-9-6-18-35-32(26)31)36-37-34(41)28-8-4-12-30(23-28)45(42,43)39-21-19-38(20-22-39)29-10-2-1-3-11-29/h1-18,23H,19-22,24H2,(H,36,40)(H,37,41). The third kappa shape index (κ3) is 6.79. The molecular formula is C34H31N5O5S. The van der Waals surface area contributed by atoms with Crippen LogP contribution in [0.3, 0.4) is 0 Å². The molecule has 11 heteroatoms. The first-order valence-electron chi connectivity index (χ1n) is 14.4. The lowest BCUT2D eigenvalue weighted by molar-refractivity contribution is 0.0846. The molecule has 10 nitrogen and oxygen atoms in total. The monoisotopic (exact) mass is 621 g/mol. The quantitative estimate of drug-likeness (QED) is 0.247. The molecule has 0 aliphatic carbocycles. The summed E-state index contributed by atoms with van der Waals surface area (Å²) < 4.78 is 34.1. The number of pyridine rings is 1. The number of benzene rings is 4. The minimum Gasteiger partial charge on any atom is -0.487 e. The Morgan fingerprint density at radius 3 is 2.18 bits per heavy atom. The minimum atomic E-state index is -3.81. The number of piperazine rings is 1. The SMILES string of the molecule is O=C(NNC(=O)c1cccc(S(=O)(=O)N2CCN(c3ccccc3)CC2)c1)c1ccc(COc2cccc3cccnc23)cc1. The van der Waals surface area contributed by atoms with E-state index >= 15 is 0 Å². The maximum absolute atomic E-state index is 13.4.